The molecular weight excluding hydrogens is 342 g/mol. The van der Waals surface area contributed by atoms with Crippen molar-refractivity contribution < 1.29 is 0 Å². The van der Waals surface area contributed by atoms with Crippen LogP contribution in [0.1, 0.15) is 22.6 Å². The van der Waals surface area contributed by atoms with Crippen LogP contribution in [0.3, 0.4) is 0 Å². The number of halogens is 1. The lowest BCUT2D eigenvalue weighted by atomic mass is 9.78. The first-order valence-corrected chi connectivity index (χ1v) is 9.02. The largest absolute Gasteiger partial charge is 0.324 e. The zero-order valence-electron chi connectivity index (χ0n) is 14.0. The van der Waals surface area contributed by atoms with Gasteiger partial charge in [0.25, 0.3) is 0 Å². The van der Waals surface area contributed by atoms with Crippen molar-refractivity contribution in [2.24, 2.45) is 0 Å². The standard InChI is InChI=1S/C22H16ClN3/c23-16-10-8-14(9-11-16)20-12-15-13-24-22(25-17-4-3-5-17)26-21(15)19-7-2-1-6-18(19)20/h1-11,13,20H,12H2,(H,24,25,26). The molecule has 3 nitrogen and oxygen atoms in total. The second-order valence-corrected chi connectivity index (χ2v) is 7.01. The lowest BCUT2D eigenvalue weighted by Crippen LogP contribution is -2.15. The fourth-order valence-electron chi connectivity index (χ4n) is 3.59. The third-order valence-electron chi connectivity index (χ3n) is 4.96. The summed E-state index contributed by atoms with van der Waals surface area (Å²) in [5.41, 5.74) is 6.97. The smallest absolute Gasteiger partial charge is 0.227 e. The lowest BCUT2D eigenvalue weighted by molar-refractivity contribution is 0.782. The maximum absolute atomic E-state index is 6.07. The van der Waals surface area contributed by atoms with E-state index in [0.29, 0.717) is 5.95 Å². The summed E-state index contributed by atoms with van der Waals surface area (Å²) in [4.78, 5) is 9.31. The first-order valence-electron chi connectivity index (χ1n) is 8.64. The Hall–Kier alpha value is -2.91. The van der Waals surface area contributed by atoms with E-state index in [2.05, 4.69) is 46.7 Å². The van der Waals surface area contributed by atoms with Gasteiger partial charge in [-0.15, -0.1) is 0 Å². The number of nitrogens with zero attached hydrogens (tertiary/aromatic N) is 2. The van der Waals surface area contributed by atoms with Crippen molar-refractivity contribution in [3.63, 3.8) is 0 Å². The Morgan fingerprint density at radius 3 is 2.62 bits per heavy atom. The summed E-state index contributed by atoms with van der Waals surface area (Å²) in [6, 6.07) is 16.6. The van der Waals surface area contributed by atoms with E-state index in [9.17, 15) is 0 Å². The van der Waals surface area contributed by atoms with E-state index < -0.39 is 0 Å². The van der Waals surface area contributed by atoms with Gasteiger partial charge in [0, 0.05) is 28.4 Å². The maximum atomic E-state index is 6.07. The second kappa shape index (κ2) is 6.11. The molecule has 126 valence electrons. The highest BCUT2D eigenvalue weighted by atomic mass is 35.5. The van der Waals surface area contributed by atoms with Gasteiger partial charge in [0.2, 0.25) is 5.95 Å². The molecule has 2 aliphatic carbocycles. The van der Waals surface area contributed by atoms with Crippen LogP contribution in [0.25, 0.3) is 11.3 Å². The third-order valence-corrected chi connectivity index (χ3v) is 5.21. The van der Waals surface area contributed by atoms with Crippen molar-refractivity contribution >= 4 is 17.5 Å². The van der Waals surface area contributed by atoms with E-state index in [1.807, 2.05) is 36.6 Å². The highest BCUT2D eigenvalue weighted by Gasteiger charge is 2.27. The maximum Gasteiger partial charge on any atom is 0.227 e. The molecule has 5 rings (SSSR count). The molecular formula is C22H16ClN3. The number of hydrogen-bond donors (Lipinski definition) is 1. The summed E-state index contributed by atoms with van der Waals surface area (Å²) in [5.74, 6) is 0.926. The van der Waals surface area contributed by atoms with Gasteiger partial charge in [-0.3, -0.25) is 0 Å². The zero-order chi connectivity index (χ0) is 17.5. The van der Waals surface area contributed by atoms with Crippen molar-refractivity contribution in [2.45, 2.75) is 12.3 Å². The van der Waals surface area contributed by atoms with Gasteiger partial charge in [-0.05, 0) is 47.4 Å². The minimum atomic E-state index is 0.288. The molecule has 1 N–H and O–H groups in total. The second-order valence-electron chi connectivity index (χ2n) is 6.57. The summed E-state index contributed by atoms with van der Waals surface area (Å²) >= 11 is 6.07. The third kappa shape index (κ3) is 2.61. The Bertz CT molecular complexity index is 1050. The van der Waals surface area contributed by atoms with Crippen LogP contribution in [-0.4, -0.2) is 9.97 Å². The number of fused-ring (bicyclic) bond motifs is 3. The predicted molar refractivity (Wildman–Crippen MR) is 105 cm³/mol. The SMILES string of the molecule is Clc1ccc(C2Cc3cnc(NC4=CC=C4)nc3-c3ccccc32)cc1. The number of aromatic nitrogens is 2. The monoisotopic (exact) mass is 357 g/mol. The molecule has 0 saturated heterocycles. The highest BCUT2D eigenvalue weighted by molar-refractivity contribution is 6.30. The van der Waals surface area contributed by atoms with Gasteiger partial charge in [-0.1, -0.05) is 54.1 Å². The molecule has 1 aromatic heterocycles. The fraction of sp³-hybridized carbons (Fsp3) is 0.0909. The molecule has 4 heteroatoms. The number of benzene rings is 2. The van der Waals surface area contributed by atoms with E-state index in [-0.39, 0.29) is 5.92 Å². The van der Waals surface area contributed by atoms with Gasteiger partial charge >= 0.3 is 0 Å². The molecule has 1 heterocycles. The molecule has 0 radical (unpaired) electrons. The molecule has 2 aromatic carbocycles. The van der Waals surface area contributed by atoms with E-state index in [0.717, 1.165) is 22.8 Å². The number of anilines is 1. The molecule has 1 atom stereocenters. The molecule has 0 saturated carbocycles. The average molecular weight is 358 g/mol. The summed E-state index contributed by atoms with van der Waals surface area (Å²) in [5, 5.41) is 4.01. The minimum Gasteiger partial charge on any atom is -0.324 e. The van der Waals surface area contributed by atoms with Crippen LogP contribution in [0, 0.1) is 0 Å². The van der Waals surface area contributed by atoms with Gasteiger partial charge in [0.15, 0.2) is 0 Å². The van der Waals surface area contributed by atoms with Crippen molar-refractivity contribution in [1.29, 1.82) is 0 Å². The molecule has 0 spiro atoms. The first kappa shape index (κ1) is 15.4. The van der Waals surface area contributed by atoms with E-state index >= 15 is 0 Å². The molecule has 0 amide bonds. The van der Waals surface area contributed by atoms with Crippen LogP contribution in [0.5, 0.6) is 0 Å². The quantitative estimate of drug-likeness (QED) is 0.686. The molecule has 26 heavy (non-hydrogen) atoms. The molecule has 1 unspecified atom stereocenters. The Morgan fingerprint density at radius 2 is 1.85 bits per heavy atom. The van der Waals surface area contributed by atoms with Crippen LogP contribution in [0.2, 0.25) is 5.02 Å². The van der Waals surface area contributed by atoms with Crippen LogP contribution in [0.15, 0.2) is 78.7 Å². The van der Waals surface area contributed by atoms with Crippen molar-refractivity contribution in [3.05, 3.63) is 100 Å². The fourth-order valence-corrected chi connectivity index (χ4v) is 3.72. The molecule has 3 aromatic rings. The van der Waals surface area contributed by atoms with E-state index in [4.69, 9.17) is 16.6 Å². The normalized spacial score (nSPS) is 17.0. The van der Waals surface area contributed by atoms with Crippen molar-refractivity contribution in [1.82, 2.24) is 9.97 Å². The van der Waals surface area contributed by atoms with Crippen LogP contribution in [-0.2, 0) is 6.42 Å². The van der Waals surface area contributed by atoms with Gasteiger partial charge < -0.3 is 5.32 Å². The topological polar surface area (TPSA) is 37.8 Å². The van der Waals surface area contributed by atoms with E-state index in [1.165, 1.54) is 22.3 Å². The Labute approximate surface area is 157 Å². The Kier molecular flexibility index (Phi) is 3.61. The summed E-state index contributed by atoms with van der Waals surface area (Å²) < 4.78 is 0. The molecule has 0 fully saturated rings. The molecule has 0 aliphatic heterocycles. The number of allylic oxidation sites excluding steroid dienone is 3. The minimum absolute atomic E-state index is 0.288. The predicted octanol–water partition coefficient (Wildman–Crippen LogP) is 5.35. The van der Waals surface area contributed by atoms with Crippen LogP contribution < -0.4 is 5.32 Å². The molecule has 2 aliphatic rings. The summed E-state index contributed by atoms with van der Waals surface area (Å²) in [7, 11) is 0. The van der Waals surface area contributed by atoms with Gasteiger partial charge in [-0.25, -0.2) is 9.97 Å². The summed E-state index contributed by atoms with van der Waals surface area (Å²) in [6.45, 7) is 0. The van der Waals surface area contributed by atoms with Gasteiger partial charge in [0.05, 0.1) is 5.69 Å². The Morgan fingerprint density at radius 1 is 1.04 bits per heavy atom. The molecule has 0 bridgehead atoms. The van der Waals surface area contributed by atoms with Gasteiger partial charge in [-0.2, -0.15) is 0 Å². The Balaban J connectivity index is 1.58. The van der Waals surface area contributed by atoms with Crippen LogP contribution in [0.4, 0.5) is 5.95 Å². The van der Waals surface area contributed by atoms with Gasteiger partial charge in [0.1, 0.15) is 0 Å². The average Bonchev–Trinajstić information content (AvgIpc) is 2.65. The zero-order valence-corrected chi connectivity index (χ0v) is 14.7. The van der Waals surface area contributed by atoms with E-state index in [1.54, 1.807) is 0 Å². The van der Waals surface area contributed by atoms with Crippen molar-refractivity contribution in [2.75, 3.05) is 5.32 Å². The summed E-state index contributed by atoms with van der Waals surface area (Å²) in [6.07, 6.45) is 8.84. The lowest BCUT2D eigenvalue weighted by Gasteiger charge is -2.27. The highest BCUT2D eigenvalue weighted by Crippen LogP contribution is 2.42. The first-order chi connectivity index (χ1) is 12.8. The van der Waals surface area contributed by atoms with Crippen LogP contribution >= 0.6 is 11.6 Å². The van der Waals surface area contributed by atoms with Crippen molar-refractivity contribution in [3.8, 4) is 11.3 Å². The number of rotatable bonds is 3. The number of nitrogens with one attached hydrogen (secondary N) is 1. The number of hydrogen-bond acceptors (Lipinski definition) is 3.